The molecular weight excluding hydrogens is 196 g/mol. The van der Waals surface area contributed by atoms with Crippen molar-refractivity contribution in [3.8, 4) is 0 Å². The monoisotopic (exact) mass is 214 g/mol. The Labute approximate surface area is 89.6 Å². The molecule has 3 unspecified atom stereocenters. The second-order valence-corrected chi connectivity index (χ2v) is 4.35. The van der Waals surface area contributed by atoms with Gasteiger partial charge in [0.15, 0.2) is 6.29 Å². The second-order valence-electron chi connectivity index (χ2n) is 4.35. The van der Waals surface area contributed by atoms with Crippen LogP contribution in [0, 0.1) is 5.92 Å². The Hall–Kier alpha value is -0.610. The first-order valence-electron chi connectivity index (χ1n) is 5.77. The van der Waals surface area contributed by atoms with E-state index in [0.29, 0.717) is 0 Å². The van der Waals surface area contributed by atoms with Gasteiger partial charge < -0.3 is 14.6 Å². The highest BCUT2D eigenvalue weighted by Gasteiger charge is 2.35. The van der Waals surface area contributed by atoms with Gasteiger partial charge in [0.1, 0.15) is 0 Å². The van der Waals surface area contributed by atoms with Gasteiger partial charge in [-0.05, 0) is 38.5 Å². The van der Waals surface area contributed by atoms with Gasteiger partial charge in [-0.3, -0.25) is 4.79 Å². The van der Waals surface area contributed by atoms with Crippen molar-refractivity contribution < 1.29 is 19.4 Å². The van der Waals surface area contributed by atoms with Crippen LogP contribution in [-0.4, -0.2) is 30.1 Å². The molecule has 1 saturated carbocycles. The Balaban J connectivity index is 1.84. The average Bonchev–Trinajstić information content (AvgIpc) is 2.67. The SMILES string of the molecule is O=C(O)C1CCCC1OC1CCCCO1. The van der Waals surface area contributed by atoms with E-state index in [1.807, 2.05) is 0 Å². The van der Waals surface area contributed by atoms with Crippen LogP contribution in [0.3, 0.4) is 0 Å². The molecule has 1 saturated heterocycles. The molecule has 0 aromatic heterocycles. The summed E-state index contributed by atoms with van der Waals surface area (Å²) in [5, 5.41) is 8.99. The first-order valence-corrected chi connectivity index (χ1v) is 5.77. The van der Waals surface area contributed by atoms with Gasteiger partial charge in [-0.25, -0.2) is 0 Å². The Bertz CT molecular complexity index is 223. The Kier molecular flexibility index (Phi) is 3.59. The lowest BCUT2D eigenvalue weighted by atomic mass is 10.1. The molecule has 0 radical (unpaired) electrons. The minimum atomic E-state index is -0.728. The fraction of sp³-hybridized carbons (Fsp3) is 0.909. The van der Waals surface area contributed by atoms with E-state index in [-0.39, 0.29) is 18.3 Å². The lowest BCUT2D eigenvalue weighted by Gasteiger charge is -2.27. The van der Waals surface area contributed by atoms with E-state index >= 15 is 0 Å². The number of carboxylic acid groups (broad SMARTS) is 1. The molecule has 1 aliphatic heterocycles. The minimum Gasteiger partial charge on any atom is -0.481 e. The molecule has 1 heterocycles. The summed E-state index contributed by atoms with van der Waals surface area (Å²) in [5.74, 6) is -1.05. The van der Waals surface area contributed by atoms with Gasteiger partial charge in [0.25, 0.3) is 0 Å². The molecule has 4 heteroatoms. The topological polar surface area (TPSA) is 55.8 Å². The van der Waals surface area contributed by atoms with Gasteiger partial charge in [0.2, 0.25) is 0 Å². The highest BCUT2D eigenvalue weighted by atomic mass is 16.7. The second kappa shape index (κ2) is 4.94. The lowest BCUT2D eigenvalue weighted by molar-refractivity contribution is -0.197. The molecule has 0 spiro atoms. The Morgan fingerprint density at radius 1 is 1.20 bits per heavy atom. The molecule has 3 atom stereocenters. The van der Waals surface area contributed by atoms with Gasteiger partial charge in [-0.1, -0.05) is 0 Å². The van der Waals surface area contributed by atoms with E-state index in [1.165, 1.54) is 0 Å². The summed E-state index contributed by atoms with van der Waals surface area (Å²) in [6, 6.07) is 0. The largest absolute Gasteiger partial charge is 0.481 e. The van der Waals surface area contributed by atoms with Crippen LogP contribution in [-0.2, 0) is 14.3 Å². The first kappa shape index (κ1) is 10.9. The van der Waals surface area contributed by atoms with Crippen LogP contribution in [0.2, 0.25) is 0 Å². The fourth-order valence-electron chi connectivity index (χ4n) is 2.38. The number of carbonyl (C=O) groups is 1. The van der Waals surface area contributed by atoms with Crippen molar-refractivity contribution in [2.24, 2.45) is 5.92 Å². The summed E-state index contributed by atoms with van der Waals surface area (Å²) in [5.41, 5.74) is 0. The van der Waals surface area contributed by atoms with Crippen molar-refractivity contribution in [3.05, 3.63) is 0 Å². The van der Waals surface area contributed by atoms with E-state index in [0.717, 1.165) is 45.1 Å². The molecule has 2 fully saturated rings. The smallest absolute Gasteiger partial charge is 0.309 e. The standard InChI is InChI=1S/C11H18O4/c12-11(13)8-4-3-5-9(8)15-10-6-1-2-7-14-10/h8-10H,1-7H2,(H,12,13). The molecule has 86 valence electrons. The van der Waals surface area contributed by atoms with Crippen LogP contribution in [0.25, 0.3) is 0 Å². The van der Waals surface area contributed by atoms with Crippen LogP contribution in [0.4, 0.5) is 0 Å². The van der Waals surface area contributed by atoms with Crippen molar-refractivity contribution in [1.29, 1.82) is 0 Å². The van der Waals surface area contributed by atoms with Gasteiger partial charge in [0.05, 0.1) is 12.0 Å². The van der Waals surface area contributed by atoms with E-state index in [4.69, 9.17) is 14.6 Å². The highest BCUT2D eigenvalue weighted by Crippen LogP contribution is 2.30. The zero-order valence-electron chi connectivity index (χ0n) is 8.85. The predicted octanol–water partition coefficient (Wildman–Crippen LogP) is 1.78. The third-order valence-electron chi connectivity index (χ3n) is 3.23. The van der Waals surface area contributed by atoms with Crippen molar-refractivity contribution in [1.82, 2.24) is 0 Å². The summed E-state index contributed by atoms with van der Waals surface area (Å²) in [7, 11) is 0. The van der Waals surface area contributed by atoms with E-state index in [2.05, 4.69) is 0 Å². The molecule has 0 amide bonds. The molecule has 0 bridgehead atoms. The maximum atomic E-state index is 10.9. The third-order valence-corrected chi connectivity index (χ3v) is 3.23. The predicted molar refractivity (Wildman–Crippen MR) is 53.4 cm³/mol. The van der Waals surface area contributed by atoms with Crippen molar-refractivity contribution >= 4 is 5.97 Å². The van der Waals surface area contributed by atoms with E-state index in [9.17, 15) is 4.79 Å². The molecule has 2 aliphatic rings. The summed E-state index contributed by atoms with van der Waals surface area (Å²) >= 11 is 0. The van der Waals surface area contributed by atoms with Crippen LogP contribution in [0.15, 0.2) is 0 Å². The van der Waals surface area contributed by atoms with Crippen molar-refractivity contribution in [2.45, 2.75) is 50.9 Å². The summed E-state index contributed by atoms with van der Waals surface area (Å²) in [4.78, 5) is 10.9. The molecule has 1 N–H and O–H groups in total. The average molecular weight is 214 g/mol. The number of hydrogen-bond donors (Lipinski definition) is 1. The number of aliphatic carboxylic acids is 1. The summed E-state index contributed by atoms with van der Waals surface area (Å²) in [6.45, 7) is 0.745. The maximum Gasteiger partial charge on any atom is 0.309 e. The summed E-state index contributed by atoms with van der Waals surface area (Å²) < 4.78 is 11.2. The van der Waals surface area contributed by atoms with Gasteiger partial charge in [-0.15, -0.1) is 0 Å². The molecule has 4 nitrogen and oxygen atoms in total. The maximum absolute atomic E-state index is 10.9. The lowest BCUT2D eigenvalue weighted by Crippen LogP contribution is -2.32. The highest BCUT2D eigenvalue weighted by molar-refractivity contribution is 5.71. The number of carboxylic acids is 1. The Morgan fingerprint density at radius 3 is 2.73 bits per heavy atom. The molecule has 2 rings (SSSR count). The molecule has 15 heavy (non-hydrogen) atoms. The zero-order valence-corrected chi connectivity index (χ0v) is 8.85. The number of rotatable bonds is 3. The number of hydrogen-bond acceptors (Lipinski definition) is 3. The van der Waals surface area contributed by atoms with Gasteiger partial charge >= 0.3 is 5.97 Å². The Morgan fingerprint density at radius 2 is 2.07 bits per heavy atom. The van der Waals surface area contributed by atoms with Crippen molar-refractivity contribution in [3.63, 3.8) is 0 Å². The van der Waals surface area contributed by atoms with Gasteiger partial charge in [0, 0.05) is 6.61 Å². The normalized spacial score (nSPS) is 36.7. The van der Waals surface area contributed by atoms with Crippen LogP contribution < -0.4 is 0 Å². The van der Waals surface area contributed by atoms with Crippen LogP contribution in [0.5, 0.6) is 0 Å². The van der Waals surface area contributed by atoms with Crippen LogP contribution in [0.1, 0.15) is 38.5 Å². The zero-order chi connectivity index (χ0) is 10.7. The van der Waals surface area contributed by atoms with Crippen molar-refractivity contribution in [2.75, 3.05) is 6.61 Å². The minimum absolute atomic E-state index is 0.134. The quantitative estimate of drug-likeness (QED) is 0.778. The third kappa shape index (κ3) is 2.69. The number of ether oxygens (including phenoxy) is 2. The van der Waals surface area contributed by atoms with Gasteiger partial charge in [-0.2, -0.15) is 0 Å². The van der Waals surface area contributed by atoms with E-state index in [1.54, 1.807) is 0 Å². The van der Waals surface area contributed by atoms with E-state index < -0.39 is 5.97 Å². The molecule has 0 aromatic carbocycles. The molecular formula is C11H18O4. The van der Waals surface area contributed by atoms with Crippen LogP contribution >= 0.6 is 0 Å². The molecule has 0 aromatic rings. The molecule has 1 aliphatic carbocycles. The summed E-state index contributed by atoms with van der Waals surface area (Å²) in [6.07, 6.45) is 5.37. The fourth-order valence-corrected chi connectivity index (χ4v) is 2.38. The first-order chi connectivity index (χ1) is 7.27.